The highest BCUT2D eigenvalue weighted by Gasteiger charge is 2.19. The number of H-pyrrole nitrogens is 2. The minimum absolute atomic E-state index is 0.815. The van der Waals surface area contributed by atoms with E-state index < -0.39 is 0 Å². The first-order valence-electron chi connectivity index (χ1n) is 13.1. The van der Waals surface area contributed by atoms with Gasteiger partial charge in [-0.3, -0.25) is 15.0 Å². The van der Waals surface area contributed by atoms with E-state index in [1.807, 2.05) is 24.7 Å². The second-order valence-electron chi connectivity index (χ2n) is 10.1. The van der Waals surface area contributed by atoms with Crippen LogP contribution < -0.4 is 4.90 Å². The van der Waals surface area contributed by atoms with Crippen molar-refractivity contribution in [1.29, 1.82) is 0 Å². The molecule has 0 radical (unpaired) electrons. The summed E-state index contributed by atoms with van der Waals surface area (Å²) in [7, 11) is 0. The van der Waals surface area contributed by atoms with Crippen molar-refractivity contribution in [3.05, 3.63) is 54.5 Å². The Labute approximate surface area is 209 Å². The number of hydrogen-bond acceptors (Lipinski definition) is 6. The van der Waals surface area contributed by atoms with Gasteiger partial charge in [0.05, 0.1) is 16.9 Å². The van der Waals surface area contributed by atoms with Gasteiger partial charge in [0.2, 0.25) is 0 Å². The van der Waals surface area contributed by atoms with Gasteiger partial charge in [-0.15, -0.1) is 0 Å². The highest BCUT2D eigenvalue weighted by molar-refractivity contribution is 5.97. The lowest BCUT2D eigenvalue weighted by Gasteiger charge is -2.29. The number of aromatic amines is 2. The molecule has 2 saturated heterocycles. The molecule has 5 aromatic rings. The number of nitrogens with zero attached hydrogens (tertiary/aromatic N) is 6. The molecule has 0 unspecified atom stereocenters. The van der Waals surface area contributed by atoms with Crippen molar-refractivity contribution < 1.29 is 0 Å². The number of nitrogens with one attached hydrogen (secondary N) is 2. The average Bonchev–Trinajstić information content (AvgIpc) is 3.68. The van der Waals surface area contributed by atoms with Crippen LogP contribution in [0.3, 0.4) is 0 Å². The van der Waals surface area contributed by atoms with Gasteiger partial charge in [0.1, 0.15) is 16.9 Å². The second kappa shape index (κ2) is 9.02. The largest absolute Gasteiger partial charge is 0.371 e. The van der Waals surface area contributed by atoms with Crippen LogP contribution in [0.15, 0.2) is 48.9 Å². The first kappa shape index (κ1) is 21.5. The molecule has 0 spiro atoms. The monoisotopic (exact) mass is 478 g/mol. The summed E-state index contributed by atoms with van der Waals surface area (Å²) in [4.78, 5) is 22.6. The van der Waals surface area contributed by atoms with Gasteiger partial charge in [-0.05, 0) is 81.1 Å². The number of pyridine rings is 3. The van der Waals surface area contributed by atoms with Gasteiger partial charge in [-0.1, -0.05) is 0 Å². The van der Waals surface area contributed by atoms with Gasteiger partial charge >= 0.3 is 0 Å². The summed E-state index contributed by atoms with van der Waals surface area (Å²) in [5.74, 6) is 0. The van der Waals surface area contributed by atoms with Crippen LogP contribution in [0.25, 0.3) is 44.7 Å². The number of aromatic nitrogens is 6. The van der Waals surface area contributed by atoms with Crippen LogP contribution >= 0.6 is 0 Å². The highest BCUT2D eigenvalue weighted by atomic mass is 15.2. The Kier molecular flexibility index (Phi) is 5.39. The van der Waals surface area contributed by atoms with Crippen LogP contribution in [0.4, 0.5) is 5.69 Å². The molecule has 2 N–H and O–H groups in total. The lowest BCUT2D eigenvalue weighted by molar-refractivity contribution is 0.331. The van der Waals surface area contributed by atoms with Crippen LogP contribution in [0.2, 0.25) is 0 Å². The molecule has 8 nitrogen and oxygen atoms in total. The van der Waals surface area contributed by atoms with Crippen molar-refractivity contribution in [3.8, 4) is 22.6 Å². The van der Waals surface area contributed by atoms with E-state index in [2.05, 4.69) is 59.2 Å². The number of hydrogen-bond donors (Lipinski definition) is 2. The molecular formula is C28H30N8. The fourth-order valence-electron chi connectivity index (χ4n) is 5.71. The van der Waals surface area contributed by atoms with Gasteiger partial charge in [0, 0.05) is 54.9 Å². The number of rotatable bonds is 5. The summed E-state index contributed by atoms with van der Waals surface area (Å²) in [5.41, 5.74) is 8.82. The standard InChI is InChI=1S/C28H30N8/c1-2-12-36(13-3-1)25-8-9-30-28-21(25)15-24(32-28)27-26-23(33-34-27)7-6-22(31-26)20-14-19(16-29-17-20)18-35-10-4-5-11-35/h6-9,14-17H,1-5,10-13,18H2,(H,30,32)(H,33,34). The number of likely N-dealkylation sites (tertiary alicyclic amines) is 1. The van der Waals surface area contributed by atoms with Crippen LogP contribution in [0, 0.1) is 0 Å². The van der Waals surface area contributed by atoms with Crippen molar-refractivity contribution in [2.24, 2.45) is 0 Å². The van der Waals surface area contributed by atoms with Crippen molar-refractivity contribution in [2.75, 3.05) is 31.1 Å². The summed E-state index contributed by atoms with van der Waals surface area (Å²) in [6.07, 6.45) is 12.1. The maximum absolute atomic E-state index is 5.04. The van der Waals surface area contributed by atoms with E-state index >= 15 is 0 Å². The van der Waals surface area contributed by atoms with Crippen molar-refractivity contribution in [3.63, 3.8) is 0 Å². The van der Waals surface area contributed by atoms with E-state index in [-0.39, 0.29) is 0 Å². The van der Waals surface area contributed by atoms with E-state index in [4.69, 9.17) is 4.98 Å². The predicted octanol–water partition coefficient (Wildman–Crippen LogP) is 5.15. The molecule has 0 saturated carbocycles. The van der Waals surface area contributed by atoms with Crippen LogP contribution in [0.1, 0.15) is 37.7 Å². The third kappa shape index (κ3) is 3.91. The van der Waals surface area contributed by atoms with Crippen molar-refractivity contribution >= 4 is 27.8 Å². The Bertz CT molecular complexity index is 1520. The molecule has 8 heteroatoms. The van der Waals surface area contributed by atoms with E-state index in [0.717, 1.165) is 64.3 Å². The zero-order valence-corrected chi connectivity index (χ0v) is 20.4. The van der Waals surface area contributed by atoms with E-state index in [0.29, 0.717) is 0 Å². The van der Waals surface area contributed by atoms with E-state index in [9.17, 15) is 0 Å². The molecular weight excluding hydrogens is 448 g/mol. The Hall–Kier alpha value is -3.78. The fraction of sp³-hybridized carbons (Fsp3) is 0.357. The Balaban J connectivity index is 1.25. The Morgan fingerprint density at radius 3 is 2.64 bits per heavy atom. The molecule has 0 aliphatic carbocycles. The van der Waals surface area contributed by atoms with Gasteiger partial charge in [0.15, 0.2) is 0 Å². The lowest BCUT2D eigenvalue weighted by atomic mass is 10.1. The molecule has 5 aromatic heterocycles. The molecule has 7 heterocycles. The molecule has 0 bridgehead atoms. The van der Waals surface area contributed by atoms with Gasteiger partial charge in [0.25, 0.3) is 0 Å². The minimum Gasteiger partial charge on any atom is -0.371 e. The predicted molar refractivity (Wildman–Crippen MR) is 143 cm³/mol. The van der Waals surface area contributed by atoms with Crippen LogP contribution in [-0.4, -0.2) is 61.2 Å². The number of piperidine rings is 1. The van der Waals surface area contributed by atoms with Crippen molar-refractivity contribution in [2.45, 2.75) is 38.6 Å². The van der Waals surface area contributed by atoms with E-state index in [1.54, 1.807) is 0 Å². The third-order valence-electron chi connectivity index (χ3n) is 7.56. The Morgan fingerprint density at radius 2 is 1.75 bits per heavy atom. The van der Waals surface area contributed by atoms with Gasteiger partial charge in [-0.25, -0.2) is 9.97 Å². The van der Waals surface area contributed by atoms with Gasteiger partial charge < -0.3 is 9.88 Å². The highest BCUT2D eigenvalue weighted by Crippen LogP contribution is 2.33. The topological polar surface area (TPSA) is 89.6 Å². The molecule has 2 aliphatic rings. The average molecular weight is 479 g/mol. The zero-order chi connectivity index (χ0) is 23.9. The molecule has 182 valence electrons. The molecule has 36 heavy (non-hydrogen) atoms. The second-order valence-corrected chi connectivity index (χ2v) is 10.1. The first-order chi connectivity index (χ1) is 17.8. The van der Waals surface area contributed by atoms with E-state index in [1.165, 1.54) is 56.4 Å². The maximum atomic E-state index is 5.04. The lowest BCUT2D eigenvalue weighted by Crippen LogP contribution is -2.29. The minimum atomic E-state index is 0.815. The van der Waals surface area contributed by atoms with Crippen LogP contribution in [0.5, 0.6) is 0 Å². The smallest absolute Gasteiger partial charge is 0.139 e. The summed E-state index contributed by atoms with van der Waals surface area (Å²) in [6.45, 7) is 5.49. The summed E-state index contributed by atoms with van der Waals surface area (Å²) >= 11 is 0. The zero-order valence-electron chi connectivity index (χ0n) is 20.4. The number of fused-ring (bicyclic) bond motifs is 2. The molecule has 0 atom stereocenters. The quantitative estimate of drug-likeness (QED) is 0.363. The molecule has 0 aromatic carbocycles. The number of anilines is 1. The summed E-state index contributed by atoms with van der Waals surface area (Å²) in [5, 5.41) is 8.94. The molecule has 7 rings (SSSR count). The third-order valence-corrected chi connectivity index (χ3v) is 7.56. The summed E-state index contributed by atoms with van der Waals surface area (Å²) < 4.78 is 0. The Morgan fingerprint density at radius 1 is 0.889 bits per heavy atom. The molecule has 2 fully saturated rings. The SMILES string of the molecule is c1cc(N2CCCCC2)c2cc(-c3n[nH]c4ccc(-c5cncc(CN6CCCC6)c5)nc34)[nH]c2n1. The normalized spacial score (nSPS) is 16.9. The maximum Gasteiger partial charge on any atom is 0.139 e. The van der Waals surface area contributed by atoms with Gasteiger partial charge in [-0.2, -0.15) is 5.10 Å². The van der Waals surface area contributed by atoms with Crippen molar-refractivity contribution in [1.82, 2.24) is 35.0 Å². The molecule has 0 amide bonds. The van der Waals surface area contributed by atoms with Crippen LogP contribution in [-0.2, 0) is 6.54 Å². The first-order valence-corrected chi connectivity index (χ1v) is 13.1. The molecule has 2 aliphatic heterocycles. The fourth-order valence-corrected chi connectivity index (χ4v) is 5.71. The summed E-state index contributed by atoms with van der Waals surface area (Å²) in [6, 6.07) is 10.6.